The van der Waals surface area contributed by atoms with Gasteiger partial charge in [-0.05, 0) is 151 Å². The lowest BCUT2D eigenvalue weighted by molar-refractivity contribution is 0.463. The van der Waals surface area contributed by atoms with Crippen LogP contribution in [0, 0.1) is 6.92 Å². The molecule has 84 heavy (non-hydrogen) atoms. The number of unbranched alkanes of at least 4 members (excludes halogenated alkanes) is 27. The van der Waals surface area contributed by atoms with Crippen LogP contribution in [-0.4, -0.2) is 13.0 Å². The standard InChI is InChI=1S/C72H123S.C7H8O3S/c1-10-19-28-37-46-61-55-64(49-40-31-22-13-4)70(65(56-61)50-41-32-23-14-5)73(71-66(51-42-33-24-15-6)57-62(47-38-29-20-11-2)58-67(71)52-43-34-25-16-7)72-68(53-44-35-26-17-8)59-63(48-39-30-21-12-3)60-69(72)54-45-36-27-18-9;1-6-2-4-7(5-3-6)11(8,9)10/h55-60H,10-54H2,1-9H3;2-5H,1H3,(H,8,9,10)/q+1;/p-1. The van der Waals surface area contributed by atoms with E-state index in [2.05, 4.69) is 98.7 Å². The molecule has 5 heteroatoms. The summed E-state index contributed by atoms with van der Waals surface area (Å²) in [4.78, 5) is 5.30. The first-order valence-corrected chi connectivity index (χ1v) is 38.8. The molecule has 4 aromatic rings. The molecule has 0 atom stereocenters. The van der Waals surface area contributed by atoms with E-state index in [1.54, 1.807) is 62.2 Å². The molecule has 3 nitrogen and oxygen atoms in total. The molecule has 0 saturated heterocycles. The van der Waals surface area contributed by atoms with Crippen LogP contribution in [0.25, 0.3) is 0 Å². The summed E-state index contributed by atoms with van der Waals surface area (Å²) in [5, 5.41) is 0. The molecule has 0 spiro atoms. The van der Waals surface area contributed by atoms with E-state index < -0.39 is 10.1 Å². The van der Waals surface area contributed by atoms with Crippen LogP contribution < -0.4 is 0 Å². The second-order valence-electron chi connectivity index (χ2n) is 25.6. The number of aryl methyl sites for hydroxylation is 10. The van der Waals surface area contributed by atoms with Crippen molar-refractivity contribution in [1.29, 1.82) is 0 Å². The van der Waals surface area contributed by atoms with Crippen molar-refractivity contribution < 1.29 is 13.0 Å². The van der Waals surface area contributed by atoms with Gasteiger partial charge < -0.3 is 4.55 Å². The molecule has 0 aliphatic rings. The Morgan fingerprint density at radius 3 is 0.655 bits per heavy atom. The Hall–Kier alpha value is -2.86. The van der Waals surface area contributed by atoms with Crippen LogP contribution in [0.4, 0.5) is 0 Å². The van der Waals surface area contributed by atoms with E-state index >= 15 is 0 Å². The van der Waals surface area contributed by atoms with Gasteiger partial charge in [-0.3, -0.25) is 0 Å². The first-order valence-electron chi connectivity index (χ1n) is 36.1. The summed E-state index contributed by atoms with van der Waals surface area (Å²) in [7, 11) is -4.45. The second-order valence-corrected chi connectivity index (χ2v) is 28.8. The zero-order valence-electron chi connectivity index (χ0n) is 56.6. The van der Waals surface area contributed by atoms with Crippen molar-refractivity contribution in [2.75, 3.05) is 0 Å². The molecule has 4 rings (SSSR count). The Kier molecular flexibility index (Phi) is 42.3. The molecule has 0 N–H and O–H groups in total. The van der Waals surface area contributed by atoms with Crippen LogP contribution in [-0.2, 0) is 78.8 Å². The number of rotatable bonds is 49. The molecule has 0 heterocycles. The monoisotopic (exact) mass is 1190 g/mol. The van der Waals surface area contributed by atoms with Crippen molar-refractivity contribution in [1.82, 2.24) is 0 Å². The van der Waals surface area contributed by atoms with Gasteiger partial charge in [0.2, 0.25) is 0 Å². The number of hydrogen-bond donors (Lipinski definition) is 0. The Bertz CT molecular complexity index is 2090. The Balaban J connectivity index is 0.00000150. The molecule has 0 unspecified atom stereocenters. The van der Waals surface area contributed by atoms with Gasteiger partial charge in [0.25, 0.3) is 0 Å². The van der Waals surface area contributed by atoms with Crippen LogP contribution in [0.1, 0.15) is 349 Å². The smallest absolute Gasteiger partial charge is 0.172 e. The van der Waals surface area contributed by atoms with Gasteiger partial charge in [0.1, 0.15) is 21.0 Å². The predicted octanol–water partition coefficient (Wildman–Crippen LogP) is 24.8. The predicted molar refractivity (Wildman–Crippen MR) is 371 cm³/mol. The first-order chi connectivity index (χ1) is 40.9. The summed E-state index contributed by atoms with van der Waals surface area (Å²) in [5.41, 5.74) is 16.4. The lowest BCUT2D eigenvalue weighted by Crippen LogP contribution is -2.20. The maximum atomic E-state index is 10.4. The van der Waals surface area contributed by atoms with E-state index in [9.17, 15) is 13.0 Å². The fraction of sp³-hybridized carbons (Fsp3) is 0.696. The molecule has 0 amide bonds. The molecule has 0 radical (unpaired) electrons. The molecular formula is C79H130O3S2. The van der Waals surface area contributed by atoms with Crippen molar-refractivity contribution in [2.24, 2.45) is 0 Å². The first kappa shape index (κ1) is 75.4. The quantitative estimate of drug-likeness (QED) is 0.0252. The fourth-order valence-corrected chi connectivity index (χ4v) is 16.2. The van der Waals surface area contributed by atoms with Gasteiger partial charge >= 0.3 is 0 Å². The van der Waals surface area contributed by atoms with Gasteiger partial charge in [0.15, 0.2) is 14.7 Å². The SMILES string of the molecule is CCCCCCc1cc(CCCCCC)c([S+](c2c(CCCCCC)cc(CCCCCC)cc2CCCCCC)c2c(CCCCCC)cc(CCCCCC)cc2CCCCCC)c(CCCCCC)c1.Cc1ccc(S(=O)(=O)[O-])cc1. The minimum atomic E-state index is -4.27. The highest BCUT2D eigenvalue weighted by Crippen LogP contribution is 2.46. The van der Waals surface area contributed by atoms with Crippen LogP contribution >= 0.6 is 0 Å². The third-order valence-corrected chi connectivity index (χ3v) is 21.2. The maximum Gasteiger partial charge on any atom is 0.172 e. The lowest BCUT2D eigenvalue weighted by Gasteiger charge is -2.26. The number of benzene rings is 4. The molecule has 0 aliphatic heterocycles. The molecule has 0 aliphatic carbocycles. The van der Waals surface area contributed by atoms with Crippen molar-refractivity contribution in [2.45, 2.75) is 378 Å². The van der Waals surface area contributed by atoms with Crippen molar-refractivity contribution in [3.8, 4) is 0 Å². The summed E-state index contributed by atoms with van der Waals surface area (Å²) >= 11 is 0. The van der Waals surface area contributed by atoms with Crippen molar-refractivity contribution in [3.05, 3.63) is 116 Å². The highest BCUT2D eigenvalue weighted by Gasteiger charge is 2.41. The molecule has 0 aromatic heterocycles. The lowest BCUT2D eigenvalue weighted by atomic mass is 9.94. The summed E-state index contributed by atoms with van der Waals surface area (Å²) in [6.45, 7) is 23.4. The molecule has 476 valence electrons. The minimum Gasteiger partial charge on any atom is -0.744 e. The highest BCUT2D eigenvalue weighted by molar-refractivity contribution is 7.97. The largest absolute Gasteiger partial charge is 0.744 e. The summed E-state index contributed by atoms with van der Waals surface area (Å²) in [5.74, 6) is 0. The average molecular weight is 1190 g/mol. The van der Waals surface area contributed by atoms with E-state index in [1.807, 2.05) is 21.6 Å². The fourth-order valence-electron chi connectivity index (χ4n) is 12.5. The van der Waals surface area contributed by atoms with Gasteiger partial charge in [0, 0.05) is 33.4 Å². The zero-order valence-corrected chi connectivity index (χ0v) is 58.3. The van der Waals surface area contributed by atoms with Gasteiger partial charge in [-0.15, -0.1) is 0 Å². The minimum absolute atomic E-state index is 0.178. The third kappa shape index (κ3) is 29.9. The van der Waals surface area contributed by atoms with E-state index in [-0.39, 0.29) is 15.8 Å². The maximum absolute atomic E-state index is 10.4. The zero-order chi connectivity index (χ0) is 61.1. The van der Waals surface area contributed by atoms with Gasteiger partial charge in [0.05, 0.1) is 4.90 Å². The van der Waals surface area contributed by atoms with Crippen LogP contribution in [0.5, 0.6) is 0 Å². The van der Waals surface area contributed by atoms with E-state index in [0.29, 0.717) is 0 Å². The van der Waals surface area contributed by atoms with Gasteiger partial charge in [-0.2, -0.15) is 0 Å². The molecular weight excluding hydrogens is 1060 g/mol. The summed E-state index contributed by atoms with van der Waals surface area (Å²) in [6.07, 6.45) is 59.3. The van der Waals surface area contributed by atoms with Crippen LogP contribution in [0.2, 0.25) is 0 Å². The average Bonchev–Trinajstić information content (AvgIpc) is 2.00. The Morgan fingerprint density at radius 2 is 0.476 bits per heavy atom. The van der Waals surface area contributed by atoms with Crippen molar-refractivity contribution >= 4 is 21.0 Å². The van der Waals surface area contributed by atoms with Gasteiger partial charge in [-0.1, -0.05) is 290 Å². The molecule has 0 fully saturated rings. The third-order valence-electron chi connectivity index (χ3n) is 17.6. The van der Waals surface area contributed by atoms with E-state index in [4.69, 9.17) is 0 Å². The molecule has 4 aromatic carbocycles. The topological polar surface area (TPSA) is 57.2 Å². The molecule has 0 bridgehead atoms. The Morgan fingerprint density at radius 1 is 0.286 bits per heavy atom. The van der Waals surface area contributed by atoms with Crippen LogP contribution in [0.3, 0.4) is 0 Å². The second kappa shape index (κ2) is 47.2. The van der Waals surface area contributed by atoms with Crippen molar-refractivity contribution in [3.63, 3.8) is 0 Å². The van der Waals surface area contributed by atoms with Crippen LogP contribution in [0.15, 0.2) is 80.2 Å². The number of hydrogen-bond acceptors (Lipinski definition) is 3. The highest BCUT2D eigenvalue weighted by atomic mass is 32.2. The van der Waals surface area contributed by atoms with Gasteiger partial charge in [-0.25, -0.2) is 8.42 Å². The van der Waals surface area contributed by atoms with E-state index in [0.717, 1.165) is 5.56 Å². The summed E-state index contributed by atoms with van der Waals surface area (Å²) in [6, 6.07) is 22.8. The molecule has 0 saturated carbocycles. The Labute approximate surface area is 524 Å². The normalized spacial score (nSPS) is 11.7. The summed E-state index contributed by atoms with van der Waals surface area (Å²) < 4.78 is 31.2. The van der Waals surface area contributed by atoms with E-state index in [1.165, 1.54) is 301 Å².